The fraction of sp³-hybridized carbons (Fsp3) is 0.500. The first kappa shape index (κ1) is 25.6. The van der Waals surface area contributed by atoms with E-state index in [0.717, 1.165) is 43.8 Å². The number of ether oxygens (including phenoxy) is 1. The van der Waals surface area contributed by atoms with Gasteiger partial charge < -0.3 is 20.3 Å². The van der Waals surface area contributed by atoms with E-state index in [1.807, 2.05) is 35.2 Å². The number of likely N-dealkylation sites (tertiary alicyclic amines) is 1. The second kappa shape index (κ2) is 12.4. The molecule has 2 aromatic carbocycles. The molecule has 1 atom stereocenters. The van der Waals surface area contributed by atoms with Crippen molar-refractivity contribution in [3.05, 3.63) is 60.2 Å². The molecule has 1 aliphatic heterocycles. The number of hydrogen-bond donors (Lipinski definition) is 1. The van der Waals surface area contributed by atoms with Crippen LogP contribution in [0.25, 0.3) is 0 Å². The van der Waals surface area contributed by atoms with Crippen molar-refractivity contribution in [2.75, 3.05) is 24.5 Å². The molecule has 0 aromatic heterocycles. The predicted molar refractivity (Wildman–Crippen MR) is 137 cm³/mol. The highest BCUT2D eigenvalue weighted by Gasteiger charge is 2.28. The average Bonchev–Trinajstić information content (AvgIpc) is 2.85. The summed E-state index contributed by atoms with van der Waals surface area (Å²) in [6.45, 7) is 9.29. The van der Waals surface area contributed by atoms with Crippen LogP contribution in [0.15, 0.2) is 54.6 Å². The molecular weight excluding hydrogens is 426 g/mol. The van der Waals surface area contributed by atoms with E-state index in [1.165, 1.54) is 5.69 Å². The molecule has 1 aliphatic rings. The summed E-state index contributed by atoms with van der Waals surface area (Å²) in [7, 11) is 0. The number of hydrogen-bond acceptors (Lipinski definition) is 4. The molecule has 6 heteroatoms. The second-order valence-corrected chi connectivity index (χ2v) is 9.77. The summed E-state index contributed by atoms with van der Waals surface area (Å²) in [5.74, 6) is 0.920. The molecule has 1 heterocycles. The predicted octanol–water partition coefficient (Wildman–Crippen LogP) is 4.62. The quantitative estimate of drug-likeness (QED) is 0.525. The van der Waals surface area contributed by atoms with Gasteiger partial charge in [0.25, 0.3) is 0 Å². The van der Waals surface area contributed by atoms with Gasteiger partial charge >= 0.3 is 0 Å². The molecule has 0 spiro atoms. The lowest BCUT2D eigenvalue weighted by Crippen LogP contribution is -2.48. The van der Waals surface area contributed by atoms with E-state index in [1.54, 1.807) is 6.92 Å². The van der Waals surface area contributed by atoms with E-state index in [-0.39, 0.29) is 17.7 Å². The Hall–Kier alpha value is -3.02. The Labute approximate surface area is 204 Å². The summed E-state index contributed by atoms with van der Waals surface area (Å²) in [4.78, 5) is 28.3. The fourth-order valence-electron chi connectivity index (χ4n) is 4.40. The van der Waals surface area contributed by atoms with E-state index in [4.69, 9.17) is 10.5 Å². The zero-order valence-electron chi connectivity index (χ0n) is 20.8. The fourth-order valence-corrected chi connectivity index (χ4v) is 4.40. The molecule has 0 aliphatic carbocycles. The first-order chi connectivity index (χ1) is 16.3. The maximum Gasteiger partial charge on any atom is 0.222 e. The monoisotopic (exact) mass is 465 g/mol. The van der Waals surface area contributed by atoms with E-state index < -0.39 is 0 Å². The van der Waals surface area contributed by atoms with Gasteiger partial charge in [-0.15, -0.1) is 0 Å². The van der Waals surface area contributed by atoms with Gasteiger partial charge in [-0.05, 0) is 55.0 Å². The van der Waals surface area contributed by atoms with E-state index >= 15 is 0 Å². The third-order valence-corrected chi connectivity index (χ3v) is 6.51. The van der Waals surface area contributed by atoms with Crippen LogP contribution in [0, 0.1) is 11.8 Å². The molecule has 34 heavy (non-hydrogen) atoms. The van der Waals surface area contributed by atoms with Crippen LogP contribution in [0.2, 0.25) is 0 Å². The van der Waals surface area contributed by atoms with Crippen LogP contribution in [0.5, 0.6) is 5.75 Å². The molecule has 2 aromatic rings. The summed E-state index contributed by atoms with van der Waals surface area (Å²) < 4.78 is 5.96. The lowest BCUT2D eigenvalue weighted by Gasteiger charge is -2.41. The molecule has 6 nitrogen and oxygen atoms in total. The SMILES string of the molecule is CC(C)CN(c1ccc(OCc2ccccc2)cc1)C1CCN(C(=O)CCC(C)C(N)=O)CC1. The number of nitrogens with zero attached hydrogens (tertiary/aromatic N) is 2. The van der Waals surface area contributed by atoms with Crippen molar-refractivity contribution in [2.24, 2.45) is 17.6 Å². The maximum absolute atomic E-state index is 12.6. The smallest absolute Gasteiger partial charge is 0.222 e. The van der Waals surface area contributed by atoms with E-state index in [9.17, 15) is 9.59 Å². The average molecular weight is 466 g/mol. The normalized spacial score (nSPS) is 15.2. The molecule has 1 saturated heterocycles. The number of carbonyl (C=O) groups is 2. The number of rotatable bonds is 11. The highest BCUT2D eigenvalue weighted by atomic mass is 16.5. The largest absolute Gasteiger partial charge is 0.489 e. The van der Waals surface area contributed by atoms with Crippen molar-refractivity contribution in [1.29, 1.82) is 0 Å². The third-order valence-electron chi connectivity index (χ3n) is 6.51. The summed E-state index contributed by atoms with van der Waals surface area (Å²) in [6, 6.07) is 18.9. The van der Waals surface area contributed by atoms with Gasteiger partial charge in [0, 0.05) is 43.7 Å². The molecular formula is C28H39N3O3. The third kappa shape index (κ3) is 7.51. The number of piperidine rings is 1. The van der Waals surface area contributed by atoms with E-state index in [0.29, 0.717) is 31.4 Å². The van der Waals surface area contributed by atoms with Gasteiger partial charge in [0.05, 0.1) is 0 Å². The Morgan fingerprint density at radius 3 is 2.26 bits per heavy atom. The Kier molecular flexibility index (Phi) is 9.37. The van der Waals surface area contributed by atoms with Crippen LogP contribution < -0.4 is 15.4 Å². The first-order valence-electron chi connectivity index (χ1n) is 12.4. The topological polar surface area (TPSA) is 75.9 Å². The number of nitrogens with two attached hydrogens (primary N) is 1. The Balaban J connectivity index is 1.56. The molecule has 0 bridgehead atoms. The summed E-state index contributed by atoms with van der Waals surface area (Å²) >= 11 is 0. The van der Waals surface area contributed by atoms with Gasteiger partial charge in [-0.2, -0.15) is 0 Å². The van der Waals surface area contributed by atoms with Crippen LogP contribution in [0.3, 0.4) is 0 Å². The summed E-state index contributed by atoms with van der Waals surface area (Å²) in [5.41, 5.74) is 7.67. The minimum absolute atomic E-state index is 0.127. The number of carbonyl (C=O) groups excluding carboxylic acids is 2. The highest BCUT2D eigenvalue weighted by Crippen LogP contribution is 2.27. The van der Waals surface area contributed by atoms with Crippen LogP contribution in [-0.4, -0.2) is 42.4 Å². The number of anilines is 1. The van der Waals surface area contributed by atoms with Crippen LogP contribution in [0.1, 0.15) is 52.0 Å². The molecule has 1 fully saturated rings. The van der Waals surface area contributed by atoms with Crippen molar-refractivity contribution < 1.29 is 14.3 Å². The van der Waals surface area contributed by atoms with Gasteiger partial charge in [0.15, 0.2) is 0 Å². The minimum atomic E-state index is -0.340. The van der Waals surface area contributed by atoms with Gasteiger partial charge in [-0.25, -0.2) is 0 Å². The lowest BCUT2D eigenvalue weighted by molar-refractivity contribution is -0.132. The molecule has 1 unspecified atom stereocenters. The first-order valence-corrected chi connectivity index (χ1v) is 12.4. The van der Waals surface area contributed by atoms with Gasteiger partial charge in [-0.1, -0.05) is 51.1 Å². The van der Waals surface area contributed by atoms with Crippen molar-refractivity contribution in [3.63, 3.8) is 0 Å². The van der Waals surface area contributed by atoms with Crippen molar-refractivity contribution in [2.45, 2.75) is 59.1 Å². The molecule has 2 amide bonds. The van der Waals surface area contributed by atoms with Gasteiger partial charge in [0.2, 0.25) is 11.8 Å². The van der Waals surface area contributed by atoms with Gasteiger partial charge in [-0.3, -0.25) is 9.59 Å². The van der Waals surface area contributed by atoms with Crippen LogP contribution in [-0.2, 0) is 16.2 Å². The molecule has 3 rings (SSSR count). The Bertz CT molecular complexity index is 906. The lowest BCUT2D eigenvalue weighted by atomic mass is 9.99. The van der Waals surface area contributed by atoms with E-state index in [2.05, 4.69) is 43.0 Å². The van der Waals surface area contributed by atoms with Crippen molar-refractivity contribution in [3.8, 4) is 5.75 Å². The van der Waals surface area contributed by atoms with Crippen LogP contribution in [0.4, 0.5) is 5.69 Å². The summed E-state index contributed by atoms with van der Waals surface area (Å²) in [5, 5.41) is 0. The number of benzene rings is 2. The van der Waals surface area contributed by atoms with Gasteiger partial charge in [0.1, 0.15) is 12.4 Å². The standard InChI is InChI=1S/C28H39N3O3/c1-21(2)19-31(24-10-12-26(13-11-24)34-20-23-7-5-4-6-8-23)25-15-17-30(18-16-25)27(32)14-9-22(3)28(29)33/h4-8,10-13,21-22,25H,9,14-20H2,1-3H3,(H2,29,33). The maximum atomic E-state index is 12.6. The number of amides is 2. The highest BCUT2D eigenvalue weighted by molar-refractivity contribution is 5.79. The Morgan fingerprint density at radius 2 is 1.68 bits per heavy atom. The van der Waals surface area contributed by atoms with Crippen molar-refractivity contribution in [1.82, 2.24) is 4.90 Å². The number of primary amides is 1. The minimum Gasteiger partial charge on any atom is -0.489 e. The molecule has 2 N–H and O–H groups in total. The molecule has 0 radical (unpaired) electrons. The Morgan fingerprint density at radius 1 is 1.03 bits per heavy atom. The molecule has 184 valence electrons. The zero-order valence-corrected chi connectivity index (χ0v) is 20.8. The second-order valence-electron chi connectivity index (χ2n) is 9.77. The summed E-state index contributed by atoms with van der Waals surface area (Å²) in [6.07, 6.45) is 2.79. The van der Waals surface area contributed by atoms with Crippen LogP contribution >= 0.6 is 0 Å². The van der Waals surface area contributed by atoms with Crippen molar-refractivity contribution >= 4 is 17.5 Å². The zero-order chi connectivity index (χ0) is 24.5. The molecule has 0 saturated carbocycles.